The topological polar surface area (TPSA) is 36.9 Å². The van der Waals surface area contributed by atoms with E-state index < -0.39 is 0 Å². The monoisotopic (exact) mass is 309 g/mol. The highest BCUT2D eigenvalue weighted by Crippen LogP contribution is 2.20. The summed E-state index contributed by atoms with van der Waals surface area (Å²) in [5, 5.41) is 5.56. The van der Waals surface area contributed by atoms with Crippen molar-refractivity contribution in [1.29, 1.82) is 0 Å². The van der Waals surface area contributed by atoms with Crippen molar-refractivity contribution in [3.63, 3.8) is 0 Å². The fourth-order valence-electron chi connectivity index (χ4n) is 2.60. The van der Waals surface area contributed by atoms with E-state index in [1.807, 2.05) is 7.05 Å². The second-order valence-electron chi connectivity index (χ2n) is 6.40. The highest BCUT2D eigenvalue weighted by Gasteiger charge is 2.25. The molecule has 2 heterocycles. The number of rotatable bonds is 3. The van der Waals surface area contributed by atoms with Gasteiger partial charge >= 0.3 is 0 Å². The van der Waals surface area contributed by atoms with E-state index in [4.69, 9.17) is 4.74 Å². The summed E-state index contributed by atoms with van der Waals surface area (Å²) in [7, 11) is 1.86. The van der Waals surface area contributed by atoms with Crippen LogP contribution in [0.15, 0.2) is 22.5 Å². The van der Waals surface area contributed by atoms with Crippen molar-refractivity contribution in [3.05, 3.63) is 22.4 Å². The molecular formula is C16H27N3OS. The smallest absolute Gasteiger partial charge is 0.193 e. The Bertz CT molecular complexity index is 443. The van der Waals surface area contributed by atoms with Crippen LogP contribution in [0.5, 0.6) is 0 Å². The molecule has 0 unspecified atom stereocenters. The van der Waals surface area contributed by atoms with Gasteiger partial charge in [-0.2, -0.15) is 0 Å². The Kier molecular flexibility index (Phi) is 5.65. The van der Waals surface area contributed by atoms with Gasteiger partial charge in [-0.25, -0.2) is 0 Å². The molecule has 1 aromatic rings. The molecule has 5 heteroatoms. The number of aliphatic imine (C=N–C) groups is 1. The highest BCUT2D eigenvalue weighted by atomic mass is 32.1. The van der Waals surface area contributed by atoms with E-state index in [9.17, 15) is 0 Å². The van der Waals surface area contributed by atoms with Crippen LogP contribution in [-0.4, -0.2) is 42.7 Å². The zero-order valence-electron chi connectivity index (χ0n) is 13.6. The number of piperidine rings is 1. The van der Waals surface area contributed by atoms with Gasteiger partial charge < -0.3 is 15.0 Å². The second kappa shape index (κ2) is 7.27. The predicted molar refractivity (Wildman–Crippen MR) is 90.0 cm³/mol. The van der Waals surface area contributed by atoms with Gasteiger partial charge in [0.25, 0.3) is 0 Å². The van der Waals surface area contributed by atoms with E-state index in [2.05, 4.69) is 53.5 Å². The Morgan fingerprint density at radius 2 is 2.14 bits per heavy atom. The van der Waals surface area contributed by atoms with E-state index >= 15 is 0 Å². The van der Waals surface area contributed by atoms with Crippen molar-refractivity contribution in [3.8, 4) is 0 Å². The molecule has 21 heavy (non-hydrogen) atoms. The molecule has 4 nitrogen and oxygen atoms in total. The predicted octanol–water partition coefficient (Wildman–Crippen LogP) is 3.10. The van der Waals surface area contributed by atoms with Gasteiger partial charge in [0.15, 0.2) is 5.96 Å². The van der Waals surface area contributed by atoms with Crippen LogP contribution in [0.25, 0.3) is 0 Å². The van der Waals surface area contributed by atoms with Crippen molar-refractivity contribution in [2.75, 3.05) is 20.1 Å². The molecule has 1 saturated heterocycles. The molecule has 1 aromatic heterocycles. The molecule has 1 fully saturated rings. The molecule has 1 aliphatic rings. The zero-order valence-corrected chi connectivity index (χ0v) is 14.4. The summed E-state index contributed by atoms with van der Waals surface area (Å²) in [6, 6.07) is 4.23. The lowest BCUT2D eigenvalue weighted by Crippen LogP contribution is -2.47. The molecule has 1 N–H and O–H groups in total. The third-order valence-corrected chi connectivity index (χ3v) is 4.35. The van der Waals surface area contributed by atoms with Gasteiger partial charge in [0.1, 0.15) is 0 Å². The molecule has 0 aliphatic carbocycles. The van der Waals surface area contributed by atoms with Gasteiger partial charge in [0.05, 0.1) is 18.2 Å². The fraction of sp³-hybridized carbons (Fsp3) is 0.688. The van der Waals surface area contributed by atoms with Crippen molar-refractivity contribution in [2.45, 2.75) is 51.9 Å². The zero-order chi connectivity index (χ0) is 15.3. The maximum Gasteiger partial charge on any atom is 0.193 e. The molecule has 0 aromatic carbocycles. The van der Waals surface area contributed by atoms with Gasteiger partial charge in [-0.15, -0.1) is 11.3 Å². The number of guanidine groups is 1. The Balaban J connectivity index is 1.79. The van der Waals surface area contributed by atoms with Crippen molar-refractivity contribution in [1.82, 2.24) is 10.2 Å². The Morgan fingerprint density at radius 3 is 2.67 bits per heavy atom. The van der Waals surface area contributed by atoms with E-state index in [0.29, 0.717) is 6.10 Å². The average molecular weight is 309 g/mol. The maximum absolute atomic E-state index is 6.07. The van der Waals surface area contributed by atoms with Crippen LogP contribution in [0.1, 0.15) is 38.5 Å². The first-order chi connectivity index (χ1) is 9.98. The molecule has 0 saturated carbocycles. The molecule has 1 aliphatic heterocycles. The number of hydrogen-bond donors (Lipinski definition) is 1. The summed E-state index contributed by atoms with van der Waals surface area (Å²) in [6.07, 6.45) is 2.50. The molecule has 118 valence electrons. The Hall–Kier alpha value is -1.07. The van der Waals surface area contributed by atoms with Crippen LogP contribution < -0.4 is 5.32 Å². The summed E-state index contributed by atoms with van der Waals surface area (Å²) < 4.78 is 6.07. The minimum absolute atomic E-state index is 0.0497. The van der Waals surface area contributed by atoms with Crippen LogP contribution in [0.2, 0.25) is 0 Å². The normalized spacial score (nSPS) is 18.1. The van der Waals surface area contributed by atoms with Crippen molar-refractivity contribution < 1.29 is 4.74 Å². The van der Waals surface area contributed by atoms with E-state index in [1.54, 1.807) is 11.3 Å². The molecule has 0 atom stereocenters. The first kappa shape index (κ1) is 16.3. The van der Waals surface area contributed by atoms with E-state index in [-0.39, 0.29) is 5.60 Å². The average Bonchev–Trinajstić information content (AvgIpc) is 2.92. The number of ether oxygens (including phenoxy) is 1. The summed E-state index contributed by atoms with van der Waals surface area (Å²) in [5.74, 6) is 0.998. The van der Waals surface area contributed by atoms with Crippen LogP contribution in [-0.2, 0) is 11.3 Å². The van der Waals surface area contributed by atoms with Gasteiger partial charge in [-0.05, 0) is 45.1 Å². The maximum atomic E-state index is 6.07. The lowest BCUT2D eigenvalue weighted by molar-refractivity contribution is -0.0772. The van der Waals surface area contributed by atoms with E-state index in [0.717, 1.165) is 38.4 Å². The highest BCUT2D eigenvalue weighted by molar-refractivity contribution is 7.09. The summed E-state index contributed by atoms with van der Waals surface area (Å²) in [4.78, 5) is 8.07. The van der Waals surface area contributed by atoms with Crippen molar-refractivity contribution >= 4 is 17.3 Å². The van der Waals surface area contributed by atoms with Crippen LogP contribution in [0.3, 0.4) is 0 Å². The molecular weight excluding hydrogens is 282 g/mol. The van der Waals surface area contributed by atoms with E-state index in [1.165, 1.54) is 4.88 Å². The Labute approximate surface area is 132 Å². The van der Waals surface area contributed by atoms with Crippen LogP contribution >= 0.6 is 11.3 Å². The molecule has 2 rings (SSSR count). The summed E-state index contributed by atoms with van der Waals surface area (Å²) in [6.45, 7) is 9.24. The number of nitrogens with zero attached hydrogens (tertiary/aromatic N) is 2. The van der Waals surface area contributed by atoms with Crippen molar-refractivity contribution in [2.24, 2.45) is 4.99 Å². The van der Waals surface area contributed by atoms with Gasteiger partial charge in [-0.1, -0.05) is 6.07 Å². The van der Waals surface area contributed by atoms with Crippen LogP contribution in [0, 0.1) is 0 Å². The summed E-state index contributed by atoms with van der Waals surface area (Å²) >= 11 is 1.77. The largest absolute Gasteiger partial charge is 0.372 e. The SMILES string of the molecule is CN=C(NCc1cccs1)N1CCC(OC(C)(C)C)CC1. The lowest BCUT2D eigenvalue weighted by Gasteiger charge is -2.36. The number of thiophene rings is 1. The quantitative estimate of drug-likeness (QED) is 0.688. The fourth-order valence-corrected chi connectivity index (χ4v) is 3.24. The summed E-state index contributed by atoms with van der Waals surface area (Å²) in [5.41, 5.74) is -0.0497. The second-order valence-corrected chi connectivity index (χ2v) is 7.43. The first-order valence-electron chi connectivity index (χ1n) is 7.64. The number of nitrogens with one attached hydrogen (secondary N) is 1. The van der Waals surface area contributed by atoms with Gasteiger partial charge in [-0.3, -0.25) is 4.99 Å². The van der Waals surface area contributed by atoms with Gasteiger partial charge in [0, 0.05) is 25.0 Å². The standard InChI is InChI=1S/C16H27N3OS/c1-16(2,3)20-13-7-9-19(10-8-13)15(17-4)18-12-14-6-5-11-21-14/h5-6,11,13H,7-10,12H2,1-4H3,(H,17,18). The van der Waals surface area contributed by atoms with Gasteiger partial charge in [0.2, 0.25) is 0 Å². The third kappa shape index (κ3) is 5.32. The Morgan fingerprint density at radius 1 is 1.43 bits per heavy atom. The molecule has 0 radical (unpaired) electrons. The number of hydrogen-bond acceptors (Lipinski definition) is 3. The third-order valence-electron chi connectivity index (χ3n) is 3.47. The molecule has 0 spiro atoms. The minimum Gasteiger partial charge on any atom is -0.372 e. The first-order valence-corrected chi connectivity index (χ1v) is 8.52. The molecule has 0 amide bonds. The molecule has 0 bridgehead atoms. The number of likely N-dealkylation sites (tertiary alicyclic amines) is 1. The van der Waals surface area contributed by atoms with Crippen LogP contribution in [0.4, 0.5) is 0 Å². The lowest BCUT2D eigenvalue weighted by atomic mass is 10.1. The minimum atomic E-state index is -0.0497.